The molecule has 1 saturated heterocycles. The normalized spacial score (nSPS) is 23.6. The van der Waals surface area contributed by atoms with Crippen LogP contribution in [0.15, 0.2) is 0 Å². The Labute approximate surface area is 114 Å². The number of likely N-dealkylation sites (tertiary alicyclic amines) is 1. The van der Waals surface area contributed by atoms with Gasteiger partial charge >= 0.3 is 0 Å². The summed E-state index contributed by atoms with van der Waals surface area (Å²) < 4.78 is 0. The van der Waals surface area contributed by atoms with Crippen LogP contribution in [0.4, 0.5) is 11.6 Å². The van der Waals surface area contributed by atoms with E-state index >= 15 is 0 Å². The van der Waals surface area contributed by atoms with Crippen LogP contribution in [0.5, 0.6) is 0 Å². The van der Waals surface area contributed by atoms with Crippen molar-refractivity contribution in [3.05, 3.63) is 11.4 Å². The SMILES string of the molecule is CNc1nc(C2CC2)nc(NC2CCN(C)C2)c1C. The van der Waals surface area contributed by atoms with E-state index in [1.807, 2.05) is 7.05 Å². The maximum Gasteiger partial charge on any atom is 0.136 e. The van der Waals surface area contributed by atoms with Crippen LogP contribution in [-0.4, -0.2) is 48.1 Å². The Morgan fingerprint density at radius 3 is 2.47 bits per heavy atom. The highest BCUT2D eigenvalue weighted by atomic mass is 15.2. The molecule has 1 aliphatic carbocycles. The van der Waals surface area contributed by atoms with Crippen molar-refractivity contribution in [2.45, 2.75) is 38.1 Å². The topological polar surface area (TPSA) is 53.1 Å². The molecule has 2 fully saturated rings. The van der Waals surface area contributed by atoms with Gasteiger partial charge in [-0.3, -0.25) is 0 Å². The summed E-state index contributed by atoms with van der Waals surface area (Å²) in [6, 6.07) is 0.510. The highest BCUT2D eigenvalue weighted by molar-refractivity contribution is 5.57. The van der Waals surface area contributed by atoms with Gasteiger partial charge in [-0.05, 0) is 39.8 Å². The van der Waals surface area contributed by atoms with E-state index in [9.17, 15) is 0 Å². The molecule has 1 aliphatic heterocycles. The van der Waals surface area contributed by atoms with Crippen molar-refractivity contribution in [3.8, 4) is 0 Å². The Bertz CT molecular complexity index is 469. The summed E-state index contributed by atoms with van der Waals surface area (Å²) in [6.45, 7) is 4.34. The van der Waals surface area contributed by atoms with Crippen LogP contribution >= 0.6 is 0 Å². The summed E-state index contributed by atoms with van der Waals surface area (Å²) in [5.74, 6) is 3.57. The van der Waals surface area contributed by atoms with E-state index in [2.05, 4.69) is 34.5 Å². The predicted molar refractivity (Wildman–Crippen MR) is 77.8 cm³/mol. The first-order valence-corrected chi connectivity index (χ1v) is 7.18. The van der Waals surface area contributed by atoms with Crippen molar-refractivity contribution in [2.24, 2.45) is 0 Å². The lowest BCUT2D eigenvalue weighted by Gasteiger charge is -2.17. The Kier molecular flexibility index (Phi) is 3.31. The molecule has 1 aromatic heterocycles. The molecule has 1 saturated carbocycles. The van der Waals surface area contributed by atoms with Crippen molar-refractivity contribution in [2.75, 3.05) is 37.8 Å². The van der Waals surface area contributed by atoms with E-state index in [-0.39, 0.29) is 0 Å². The molecule has 0 radical (unpaired) electrons. The first kappa shape index (κ1) is 12.7. The highest BCUT2D eigenvalue weighted by Gasteiger charge is 2.29. The fourth-order valence-corrected chi connectivity index (χ4v) is 2.69. The van der Waals surface area contributed by atoms with Gasteiger partial charge in [0.15, 0.2) is 0 Å². The second-order valence-electron chi connectivity index (χ2n) is 5.82. The molecule has 0 bridgehead atoms. The molecule has 0 amide bonds. The zero-order chi connectivity index (χ0) is 13.4. The lowest BCUT2D eigenvalue weighted by molar-refractivity contribution is 0.414. The van der Waals surface area contributed by atoms with Crippen molar-refractivity contribution >= 4 is 11.6 Å². The van der Waals surface area contributed by atoms with E-state index in [0.717, 1.165) is 36.1 Å². The maximum absolute atomic E-state index is 4.75. The molecule has 1 unspecified atom stereocenters. The molecule has 5 heteroatoms. The molecule has 19 heavy (non-hydrogen) atoms. The summed E-state index contributed by atoms with van der Waals surface area (Å²) >= 11 is 0. The third kappa shape index (κ3) is 2.66. The molecular weight excluding hydrogens is 238 g/mol. The smallest absolute Gasteiger partial charge is 0.136 e. The summed E-state index contributed by atoms with van der Waals surface area (Å²) in [6.07, 6.45) is 3.66. The van der Waals surface area contributed by atoms with Crippen LogP contribution < -0.4 is 10.6 Å². The first-order valence-electron chi connectivity index (χ1n) is 7.18. The minimum absolute atomic E-state index is 0.510. The average molecular weight is 261 g/mol. The molecule has 2 N–H and O–H groups in total. The predicted octanol–water partition coefficient (Wildman–Crippen LogP) is 1.82. The van der Waals surface area contributed by atoms with Gasteiger partial charge in [0, 0.05) is 31.1 Å². The number of hydrogen-bond acceptors (Lipinski definition) is 5. The lowest BCUT2D eigenvalue weighted by atomic mass is 10.2. The summed E-state index contributed by atoms with van der Waals surface area (Å²) in [5.41, 5.74) is 1.13. The summed E-state index contributed by atoms with van der Waals surface area (Å²) in [7, 11) is 4.10. The van der Waals surface area contributed by atoms with Gasteiger partial charge in [-0.1, -0.05) is 0 Å². The van der Waals surface area contributed by atoms with Gasteiger partial charge in [-0.2, -0.15) is 0 Å². The number of aromatic nitrogens is 2. The fourth-order valence-electron chi connectivity index (χ4n) is 2.69. The largest absolute Gasteiger partial charge is 0.373 e. The average Bonchev–Trinajstić information content (AvgIpc) is 3.16. The number of hydrogen-bond donors (Lipinski definition) is 2. The zero-order valence-corrected chi connectivity index (χ0v) is 12.0. The van der Waals surface area contributed by atoms with Crippen LogP contribution in [-0.2, 0) is 0 Å². The summed E-state index contributed by atoms with van der Waals surface area (Å²) in [4.78, 5) is 11.7. The molecule has 2 heterocycles. The van der Waals surface area contributed by atoms with Gasteiger partial charge in [0.05, 0.1) is 0 Å². The molecule has 0 aromatic carbocycles. The highest BCUT2D eigenvalue weighted by Crippen LogP contribution is 2.39. The van der Waals surface area contributed by atoms with Gasteiger partial charge in [0.1, 0.15) is 17.5 Å². The van der Waals surface area contributed by atoms with E-state index < -0.39 is 0 Å². The number of nitrogens with zero attached hydrogens (tertiary/aromatic N) is 3. The maximum atomic E-state index is 4.75. The Hall–Kier alpha value is -1.36. The Balaban J connectivity index is 1.84. The minimum atomic E-state index is 0.510. The van der Waals surface area contributed by atoms with Gasteiger partial charge in [-0.25, -0.2) is 9.97 Å². The van der Waals surface area contributed by atoms with Gasteiger partial charge in [0.2, 0.25) is 0 Å². The monoisotopic (exact) mass is 261 g/mol. The molecule has 5 nitrogen and oxygen atoms in total. The van der Waals surface area contributed by atoms with E-state index in [0.29, 0.717) is 12.0 Å². The van der Waals surface area contributed by atoms with Crippen molar-refractivity contribution in [1.29, 1.82) is 0 Å². The quantitative estimate of drug-likeness (QED) is 0.866. The first-order chi connectivity index (χ1) is 9.17. The molecular formula is C14H23N5. The molecule has 1 aromatic rings. The second kappa shape index (κ2) is 4.96. The molecule has 104 valence electrons. The third-order valence-corrected chi connectivity index (χ3v) is 4.07. The van der Waals surface area contributed by atoms with Crippen molar-refractivity contribution in [1.82, 2.24) is 14.9 Å². The zero-order valence-electron chi connectivity index (χ0n) is 12.0. The van der Waals surface area contributed by atoms with Gasteiger partial charge in [0.25, 0.3) is 0 Å². The van der Waals surface area contributed by atoms with E-state index in [1.54, 1.807) is 0 Å². The number of rotatable bonds is 4. The number of nitrogens with one attached hydrogen (secondary N) is 2. The minimum Gasteiger partial charge on any atom is -0.373 e. The van der Waals surface area contributed by atoms with Crippen molar-refractivity contribution < 1.29 is 0 Å². The lowest BCUT2D eigenvalue weighted by Crippen LogP contribution is -2.25. The molecule has 1 atom stereocenters. The van der Waals surface area contributed by atoms with Gasteiger partial charge < -0.3 is 15.5 Å². The molecule has 2 aliphatic rings. The van der Waals surface area contributed by atoms with Crippen LogP contribution in [0.2, 0.25) is 0 Å². The number of likely N-dealkylation sites (N-methyl/N-ethyl adjacent to an activating group) is 1. The molecule has 0 spiro atoms. The summed E-state index contributed by atoms with van der Waals surface area (Å²) in [5, 5.41) is 6.80. The van der Waals surface area contributed by atoms with Crippen LogP contribution in [0, 0.1) is 6.92 Å². The Morgan fingerprint density at radius 1 is 1.16 bits per heavy atom. The van der Waals surface area contributed by atoms with Crippen LogP contribution in [0.25, 0.3) is 0 Å². The Morgan fingerprint density at radius 2 is 1.89 bits per heavy atom. The van der Waals surface area contributed by atoms with E-state index in [4.69, 9.17) is 4.98 Å². The van der Waals surface area contributed by atoms with Crippen molar-refractivity contribution in [3.63, 3.8) is 0 Å². The fraction of sp³-hybridized carbons (Fsp3) is 0.714. The van der Waals surface area contributed by atoms with Crippen LogP contribution in [0.1, 0.15) is 36.6 Å². The number of anilines is 2. The second-order valence-corrected chi connectivity index (χ2v) is 5.82. The van der Waals surface area contributed by atoms with Gasteiger partial charge in [-0.15, -0.1) is 0 Å². The standard InChI is InChI=1S/C14H23N5/c1-9-12(15-2)17-14(10-4-5-10)18-13(9)16-11-6-7-19(3)8-11/h10-11H,4-8H2,1-3H3,(H2,15,16,17,18). The van der Waals surface area contributed by atoms with Crippen LogP contribution in [0.3, 0.4) is 0 Å². The molecule has 3 rings (SSSR count). The third-order valence-electron chi connectivity index (χ3n) is 4.07. The van der Waals surface area contributed by atoms with E-state index in [1.165, 1.54) is 19.3 Å².